The molecular formula is C8H18ClNa. The fraction of sp³-hybridized carbons (Fsp3) is 1.00. The van der Waals surface area contributed by atoms with Crippen LogP contribution in [0.15, 0.2) is 0 Å². The molecule has 0 fully saturated rings. The first kappa shape index (κ1) is 13.9. The van der Waals surface area contributed by atoms with Crippen LogP contribution in [0.25, 0.3) is 0 Å². The SMILES string of the molecule is CCCCCCCCCl.[H-].[Na+]. The monoisotopic (exact) mass is 172 g/mol. The van der Waals surface area contributed by atoms with Crippen molar-refractivity contribution >= 4 is 11.6 Å². The van der Waals surface area contributed by atoms with Crippen LogP contribution in [-0.2, 0) is 0 Å². The summed E-state index contributed by atoms with van der Waals surface area (Å²) in [6.07, 6.45) is 8.02. The molecular weight excluding hydrogens is 155 g/mol. The first-order chi connectivity index (χ1) is 4.41. The third-order valence-corrected chi connectivity index (χ3v) is 1.75. The molecule has 0 atom stereocenters. The summed E-state index contributed by atoms with van der Waals surface area (Å²) in [5.74, 6) is 0.839. The van der Waals surface area contributed by atoms with E-state index in [-0.39, 0.29) is 31.0 Å². The van der Waals surface area contributed by atoms with E-state index in [1.807, 2.05) is 0 Å². The molecule has 0 aromatic rings. The van der Waals surface area contributed by atoms with Crippen LogP contribution in [0.5, 0.6) is 0 Å². The van der Waals surface area contributed by atoms with E-state index >= 15 is 0 Å². The smallest absolute Gasteiger partial charge is 1.00 e. The van der Waals surface area contributed by atoms with Crippen LogP contribution in [0.2, 0.25) is 0 Å². The van der Waals surface area contributed by atoms with E-state index in [0.717, 1.165) is 5.88 Å². The van der Waals surface area contributed by atoms with Crippen LogP contribution in [0.4, 0.5) is 0 Å². The summed E-state index contributed by atoms with van der Waals surface area (Å²) in [7, 11) is 0. The molecule has 10 heavy (non-hydrogen) atoms. The third kappa shape index (κ3) is 12.0. The summed E-state index contributed by atoms with van der Waals surface area (Å²) in [6.45, 7) is 2.24. The maximum absolute atomic E-state index is 5.51. The molecule has 0 N–H and O–H groups in total. The van der Waals surface area contributed by atoms with Gasteiger partial charge in [-0.05, 0) is 6.42 Å². The molecule has 0 saturated carbocycles. The molecule has 0 radical (unpaired) electrons. The first-order valence-electron chi connectivity index (χ1n) is 3.97. The minimum Gasteiger partial charge on any atom is -1.00 e. The predicted octanol–water partition coefficient (Wildman–Crippen LogP) is 0.702. The Balaban J connectivity index is -0.000000320. The van der Waals surface area contributed by atoms with E-state index in [2.05, 4.69) is 6.92 Å². The Morgan fingerprint density at radius 2 is 1.50 bits per heavy atom. The van der Waals surface area contributed by atoms with Gasteiger partial charge in [-0.25, -0.2) is 0 Å². The number of halogens is 1. The molecule has 0 aliphatic heterocycles. The van der Waals surface area contributed by atoms with Crippen LogP contribution in [-0.4, -0.2) is 5.88 Å². The minimum absolute atomic E-state index is 0. The van der Waals surface area contributed by atoms with Crippen molar-refractivity contribution < 1.29 is 31.0 Å². The zero-order valence-electron chi connectivity index (χ0n) is 8.33. The topological polar surface area (TPSA) is 0 Å². The van der Waals surface area contributed by atoms with Crippen molar-refractivity contribution in [1.29, 1.82) is 0 Å². The summed E-state index contributed by atoms with van der Waals surface area (Å²) in [4.78, 5) is 0. The van der Waals surface area contributed by atoms with Crippen LogP contribution < -0.4 is 29.6 Å². The molecule has 0 spiro atoms. The molecule has 0 bridgehead atoms. The van der Waals surface area contributed by atoms with E-state index in [1.54, 1.807) is 0 Å². The number of unbranched alkanes of at least 4 members (excludes halogenated alkanes) is 5. The quantitative estimate of drug-likeness (QED) is 0.315. The third-order valence-electron chi connectivity index (χ3n) is 1.49. The number of rotatable bonds is 6. The number of hydrogen-bond acceptors (Lipinski definition) is 0. The standard InChI is InChI=1S/C8H17Cl.Na.H/c1-2-3-4-5-6-7-8-9;;/h2-8H2,1H3;;/q;+1;-1. The molecule has 0 heterocycles. The molecule has 0 aliphatic carbocycles. The van der Waals surface area contributed by atoms with Gasteiger partial charge in [0.25, 0.3) is 0 Å². The fourth-order valence-corrected chi connectivity index (χ4v) is 1.06. The first-order valence-corrected chi connectivity index (χ1v) is 4.51. The Labute approximate surface area is 93.5 Å². The van der Waals surface area contributed by atoms with Gasteiger partial charge in [0.2, 0.25) is 0 Å². The maximum Gasteiger partial charge on any atom is 1.00 e. The normalized spacial score (nSPS) is 9.00. The van der Waals surface area contributed by atoms with Crippen molar-refractivity contribution in [2.45, 2.75) is 45.4 Å². The van der Waals surface area contributed by atoms with Gasteiger partial charge in [0, 0.05) is 5.88 Å². The molecule has 0 aromatic carbocycles. The van der Waals surface area contributed by atoms with Gasteiger partial charge in [-0.2, -0.15) is 0 Å². The van der Waals surface area contributed by atoms with Gasteiger partial charge in [0.1, 0.15) is 0 Å². The molecule has 0 rings (SSSR count). The van der Waals surface area contributed by atoms with Crippen LogP contribution in [0.1, 0.15) is 46.9 Å². The molecule has 0 unspecified atom stereocenters. The van der Waals surface area contributed by atoms with E-state index in [0.29, 0.717) is 0 Å². The zero-order chi connectivity index (χ0) is 6.95. The molecule has 0 amide bonds. The second-order valence-corrected chi connectivity index (χ2v) is 2.83. The predicted molar refractivity (Wildman–Crippen MR) is 45.2 cm³/mol. The van der Waals surface area contributed by atoms with Crippen LogP contribution in [0, 0.1) is 0 Å². The summed E-state index contributed by atoms with van der Waals surface area (Å²) in [6, 6.07) is 0. The van der Waals surface area contributed by atoms with E-state index in [9.17, 15) is 0 Å². The minimum atomic E-state index is 0. The Bertz CT molecular complexity index is 47.4. The molecule has 58 valence electrons. The Hall–Kier alpha value is 1.29. The van der Waals surface area contributed by atoms with E-state index in [4.69, 9.17) is 11.6 Å². The van der Waals surface area contributed by atoms with Gasteiger partial charge in [0.15, 0.2) is 0 Å². The second kappa shape index (κ2) is 12.9. The maximum atomic E-state index is 5.51. The Morgan fingerprint density at radius 1 is 1.00 bits per heavy atom. The average Bonchev–Trinajstić information content (AvgIpc) is 1.89. The fourth-order valence-electron chi connectivity index (χ4n) is 0.875. The summed E-state index contributed by atoms with van der Waals surface area (Å²) >= 11 is 5.51. The van der Waals surface area contributed by atoms with Crippen molar-refractivity contribution in [2.24, 2.45) is 0 Å². The van der Waals surface area contributed by atoms with Gasteiger partial charge in [-0.1, -0.05) is 39.0 Å². The van der Waals surface area contributed by atoms with Crippen molar-refractivity contribution in [1.82, 2.24) is 0 Å². The van der Waals surface area contributed by atoms with Crippen molar-refractivity contribution in [3.63, 3.8) is 0 Å². The second-order valence-electron chi connectivity index (χ2n) is 2.46. The molecule has 2 heteroatoms. The summed E-state index contributed by atoms with van der Waals surface area (Å²) in [5, 5.41) is 0. The van der Waals surface area contributed by atoms with Gasteiger partial charge >= 0.3 is 29.6 Å². The van der Waals surface area contributed by atoms with E-state index < -0.39 is 0 Å². The molecule has 0 aromatic heterocycles. The molecule has 0 nitrogen and oxygen atoms in total. The zero-order valence-corrected chi connectivity index (χ0v) is 10.1. The van der Waals surface area contributed by atoms with Gasteiger partial charge in [-0.3, -0.25) is 0 Å². The van der Waals surface area contributed by atoms with Gasteiger partial charge in [0.05, 0.1) is 0 Å². The van der Waals surface area contributed by atoms with Crippen LogP contribution >= 0.6 is 11.6 Å². The van der Waals surface area contributed by atoms with Crippen molar-refractivity contribution in [3.05, 3.63) is 0 Å². The molecule has 0 aliphatic rings. The molecule has 0 saturated heterocycles. The van der Waals surface area contributed by atoms with Crippen LogP contribution in [0.3, 0.4) is 0 Å². The van der Waals surface area contributed by atoms with Crippen molar-refractivity contribution in [3.8, 4) is 0 Å². The summed E-state index contributed by atoms with van der Waals surface area (Å²) < 4.78 is 0. The average molecular weight is 173 g/mol. The van der Waals surface area contributed by atoms with Gasteiger partial charge < -0.3 is 1.43 Å². The van der Waals surface area contributed by atoms with E-state index in [1.165, 1.54) is 38.5 Å². The van der Waals surface area contributed by atoms with Crippen molar-refractivity contribution in [2.75, 3.05) is 5.88 Å². The number of alkyl halides is 1. The summed E-state index contributed by atoms with van der Waals surface area (Å²) in [5.41, 5.74) is 0. The largest absolute Gasteiger partial charge is 1.00 e. The van der Waals surface area contributed by atoms with Gasteiger partial charge in [-0.15, -0.1) is 11.6 Å². The number of hydrogen-bond donors (Lipinski definition) is 0. The Kier molecular flexibility index (Phi) is 17.9. The Morgan fingerprint density at radius 3 is 2.00 bits per heavy atom.